The molecule has 0 bridgehead atoms. The standard InChI is InChI=1S/C10H9NO2/c11-8-6-5-7-3-1-2-4-9(7)13-10(8)12/h1-6,8H,11H2. The predicted octanol–water partition coefficient (Wildman–Crippen LogP) is 0.946. The van der Waals surface area contributed by atoms with Crippen LogP contribution >= 0.6 is 0 Å². The molecule has 66 valence electrons. The van der Waals surface area contributed by atoms with E-state index < -0.39 is 12.0 Å². The van der Waals surface area contributed by atoms with Crippen molar-refractivity contribution in [3.8, 4) is 5.75 Å². The second kappa shape index (κ2) is 3.03. The van der Waals surface area contributed by atoms with E-state index in [0.29, 0.717) is 5.75 Å². The fourth-order valence-electron chi connectivity index (χ4n) is 1.17. The molecule has 3 heteroatoms. The Morgan fingerprint density at radius 1 is 1.31 bits per heavy atom. The molecule has 0 fully saturated rings. The van der Waals surface area contributed by atoms with Gasteiger partial charge < -0.3 is 10.5 Å². The summed E-state index contributed by atoms with van der Waals surface area (Å²) in [5.74, 6) is 0.151. The van der Waals surface area contributed by atoms with E-state index in [2.05, 4.69) is 0 Å². The maximum absolute atomic E-state index is 11.2. The highest BCUT2D eigenvalue weighted by atomic mass is 16.5. The van der Waals surface area contributed by atoms with Crippen molar-refractivity contribution >= 4 is 12.0 Å². The van der Waals surface area contributed by atoms with Crippen molar-refractivity contribution in [2.45, 2.75) is 6.04 Å². The number of benzene rings is 1. The van der Waals surface area contributed by atoms with Gasteiger partial charge in [-0.1, -0.05) is 30.4 Å². The molecule has 0 saturated heterocycles. The van der Waals surface area contributed by atoms with Gasteiger partial charge in [-0.05, 0) is 6.07 Å². The summed E-state index contributed by atoms with van der Waals surface area (Å²) in [6, 6.07) is 6.66. The number of nitrogens with two attached hydrogens (primary N) is 1. The van der Waals surface area contributed by atoms with Gasteiger partial charge in [0.15, 0.2) is 0 Å². The number of para-hydroxylation sites is 1. The number of hydrogen-bond donors (Lipinski definition) is 1. The molecule has 0 amide bonds. The molecule has 1 heterocycles. The first-order valence-corrected chi connectivity index (χ1v) is 4.02. The number of fused-ring (bicyclic) bond motifs is 1. The second-order valence-corrected chi connectivity index (χ2v) is 2.84. The summed E-state index contributed by atoms with van der Waals surface area (Å²) in [4.78, 5) is 11.2. The number of esters is 1. The highest BCUT2D eigenvalue weighted by Crippen LogP contribution is 2.22. The molecule has 1 aliphatic heterocycles. The smallest absolute Gasteiger partial charge is 0.332 e. The zero-order valence-electron chi connectivity index (χ0n) is 6.94. The van der Waals surface area contributed by atoms with Gasteiger partial charge in [0.05, 0.1) is 0 Å². The fourth-order valence-corrected chi connectivity index (χ4v) is 1.17. The van der Waals surface area contributed by atoms with Crippen LogP contribution in [0.2, 0.25) is 0 Å². The van der Waals surface area contributed by atoms with E-state index in [1.54, 1.807) is 18.2 Å². The number of carbonyl (C=O) groups excluding carboxylic acids is 1. The van der Waals surface area contributed by atoms with E-state index in [9.17, 15) is 4.79 Å². The average molecular weight is 175 g/mol. The van der Waals surface area contributed by atoms with Gasteiger partial charge in [0.2, 0.25) is 0 Å². The van der Waals surface area contributed by atoms with Crippen molar-refractivity contribution in [2.75, 3.05) is 0 Å². The van der Waals surface area contributed by atoms with Crippen molar-refractivity contribution in [1.82, 2.24) is 0 Å². The third-order valence-corrected chi connectivity index (χ3v) is 1.88. The van der Waals surface area contributed by atoms with Crippen molar-refractivity contribution in [1.29, 1.82) is 0 Å². The molecule has 0 radical (unpaired) electrons. The first-order valence-electron chi connectivity index (χ1n) is 4.02. The van der Waals surface area contributed by atoms with E-state index in [1.165, 1.54) is 0 Å². The molecule has 13 heavy (non-hydrogen) atoms. The van der Waals surface area contributed by atoms with Gasteiger partial charge in [-0.2, -0.15) is 0 Å². The van der Waals surface area contributed by atoms with Gasteiger partial charge in [-0.25, -0.2) is 4.79 Å². The van der Waals surface area contributed by atoms with Gasteiger partial charge in [0, 0.05) is 5.56 Å². The first-order chi connectivity index (χ1) is 6.27. The molecule has 2 rings (SSSR count). The number of hydrogen-bond acceptors (Lipinski definition) is 3. The molecule has 0 aromatic heterocycles. The van der Waals surface area contributed by atoms with Crippen LogP contribution in [0.5, 0.6) is 5.75 Å². The van der Waals surface area contributed by atoms with Gasteiger partial charge in [0.1, 0.15) is 11.8 Å². The summed E-state index contributed by atoms with van der Waals surface area (Å²) in [6.07, 6.45) is 3.43. The van der Waals surface area contributed by atoms with E-state index >= 15 is 0 Å². The minimum atomic E-state index is -0.660. The molecule has 1 unspecified atom stereocenters. The van der Waals surface area contributed by atoms with Gasteiger partial charge in [0.25, 0.3) is 0 Å². The normalized spacial score (nSPS) is 20.4. The Morgan fingerprint density at radius 2 is 2.08 bits per heavy atom. The molecule has 2 N–H and O–H groups in total. The quantitative estimate of drug-likeness (QED) is 0.471. The van der Waals surface area contributed by atoms with Crippen molar-refractivity contribution in [3.05, 3.63) is 35.9 Å². The summed E-state index contributed by atoms with van der Waals surface area (Å²) in [6.45, 7) is 0. The Bertz CT molecular complexity index is 371. The molecule has 0 aliphatic carbocycles. The molecule has 1 aromatic rings. The van der Waals surface area contributed by atoms with E-state index in [1.807, 2.05) is 18.2 Å². The number of carbonyl (C=O) groups is 1. The Balaban J connectivity index is 2.46. The van der Waals surface area contributed by atoms with Crippen LogP contribution < -0.4 is 10.5 Å². The third kappa shape index (κ3) is 1.46. The monoisotopic (exact) mass is 175 g/mol. The van der Waals surface area contributed by atoms with Crippen LogP contribution in [-0.4, -0.2) is 12.0 Å². The Labute approximate surface area is 75.8 Å². The largest absolute Gasteiger partial charge is 0.425 e. The van der Waals surface area contributed by atoms with Crippen LogP contribution in [0.1, 0.15) is 5.56 Å². The molecule has 0 spiro atoms. The first kappa shape index (κ1) is 8.01. The fraction of sp³-hybridized carbons (Fsp3) is 0.100. The van der Waals surface area contributed by atoms with Crippen molar-refractivity contribution in [3.63, 3.8) is 0 Å². The zero-order valence-corrected chi connectivity index (χ0v) is 6.94. The molecule has 1 aliphatic rings. The molecular formula is C10H9NO2. The van der Waals surface area contributed by atoms with Crippen LogP contribution in [0, 0.1) is 0 Å². The van der Waals surface area contributed by atoms with Gasteiger partial charge >= 0.3 is 5.97 Å². The highest BCUT2D eigenvalue weighted by Gasteiger charge is 2.17. The lowest BCUT2D eigenvalue weighted by atomic mass is 10.2. The summed E-state index contributed by atoms with van der Waals surface area (Å²) in [5.41, 5.74) is 6.37. The number of rotatable bonds is 0. The molecule has 1 aromatic carbocycles. The lowest BCUT2D eigenvalue weighted by molar-refractivity contribution is -0.134. The topological polar surface area (TPSA) is 52.3 Å². The minimum absolute atomic E-state index is 0.416. The minimum Gasteiger partial charge on any atom is -0.425 e. The van der Waals surface area contributed by atoms with E-state index in [4.69, 9.17) is 10.5 Å². The summed E-state index contributed by atoms with van der Waals surface area (Å²) >= 11 is 0. The van der Waals surface area contributed by atoms with Crippen molar-refractivity contribution in [2.24, 2.45) is 5.73 Å². The average Bonchev–Trinajstić information content (AvgIpc) is 2.28. The van der Waals surface area contributed by atoms with Crippen LogP contribution in [0.4, 0.5) is 0 Å². The van der Waals surface area contributed by atoms with E-state index in [-0.39, 0.29) is 0 Å². The second-order valence-electron chi connectivity index (χ2n) is 2.84. The SMILES string of the molecule is NC1C=Cc2ccccc2OC1=O. The number of ether oxygens (including phenoxy) is 1. The highest BCUT2D eigenvalue weighted by molar-refractivity contribution is 5.84. The van der Waals surface area contributed by atoms with E-state index in [0.717, 1.165) is 5.56 Å². The lowest BCUT2D eigenvalue weighted by Crippen LogP contribution is -2.31. The van der Waals surface area contributed by atoms with Crippen LogP contribution in [0.3, 0.4) is 0 Å². The van der Waals surface area contributed by atoms with Crippen molar-refractivity contribution < 1.29 is 9.53 Å². The lowest BCUT2D eigenvalue weighted by Gasteiger charge is -2.05. The van der Waals surface area contributed by atoms with Gasteiger partial charge in [-0.15, -0.1) is 0 Å². The van der Waals surface area contributed by atoms with Gasteiger partial charge in [-0.3, -0.25) is 0 Å². The Kier molecular flexibility index (Phi) is 1.87. The predicted molar refractivity (Wildman–Crippen MR) is 49.1 cm³/mol. The molecular weight excluding hydrogens is 166 g/mol. The molecule has 1 atom stereocenters. The molecule has 0 saturated carbocycles. The summed E-state index contributed by atoms with van der Waals surface area (Å²) < 4.78 is 5.04. The Morgan fingerprint density at radius 3 is 2.92 bits per heavy atom. The van der Waals surface area contributed by atoms with Crippen LogP contribution in [-0.2, 0) is 4.79 Å². The van der Waals surface area contributed by atoms with Crippen LogP contribution in [0.25, 0.3) is 6.08 Å². The zero-order chi connectivity index (χ0) is 9.26. The third-order valence-electron chi connectivity index (χ3n) is 1.88. The van der Waals surface area contributed by atoms with Crippen LogP contribution in [0.15, 0.2) is 30.3 Å². The maximum atomic E-state index is 11.2. The summed E-state index contributed by atoms with van der Waals surface area (Å²) in [5, 5.41) is 0. The Hall–Kier alpha value is -1.61. The summed E-state index contributed by atoms with van der Waals surface area (Å²) in [7, 11) is 0. The molecule has 3 nitrogen and oxygen atoms in total. The maximum Gasteiger partial charge on any atom is 0.332 e.